The Morgan fingerprint density at radius 1 is 1.13 bits per heavy atom. The summed E-state index contributed by atoms with van der Waals surface area (Å²) in [7, 11) is 3.89. The predicted molar refractivity (Wildman–Crippen MR) is 122 cm³/mol. The smallest absolute Gasteiger partial charge is 0.408 e. The Morgan fingerprint density at radius 2 is 1.94 bits per heavy atom. The van der Waals surface area contributed by atoms with Crippen LogP contribution in [-0.4, -0.2) is 41.0 Å². The number of oxazole rings is 1. The third-order valence-corrected chi connectivity index (χ3v) is 5.63. The van der Waals surface area contributed by atoms with Crippen LogP contribution < -0.4 is 11.1 Å². The first-order chi connectivity index (χ1) is 15.0. The minimum atomic E-state index is -0.402. The molecule has 2 aromatic carbocycles. The Labute approximate surface area is 183 Å². The molecule has 1 amide bonds. The second kappa shape index (κ2) is 9.20. The topological polar surface area (TPSA) is 80.4 Å². The van der Waals surface area contributed by atoms with Crippen molar-refractivity contribution in [3.05, 3.63) is 83.0 Å². The largest absolute Gasteiger partial charge is 0.419 e. The van der Waals surface area contributed by atoms with Gasteiger partial charge in [0.05, 0.1) is 5.52 Å². The molecule has 0 aliphatic carbocycles. The SMILES string of the molecule is CN(C)CCn1c(=O)oc2ccc(NC(=O)c3ccc(Sc4ccccn4)cc3)cc21. The summed E-state index contributed by atoms with van der Waals surface area (Å²) in [6.07, 6.45) is 1.75. The van der Waals surface area contributed by atoms with Crippen molar-refractivity contribution >= 4 is 34.5 Å². The molecule has 0 fully saturated rings. The quantitative estimate of drug-likeness (QED) is 0.474. The number of hydrogen-bond acceptors (Lipinski definition) is 6. The summed E-state index contributed by atoms with van der Waals surface area (Å²) >= 11 is 1.53. The lowest BCUT2D eigenvalue weighted by molar-refractivity contribution is 0.102. The number of rotatable bonds is 7. The summed E-state index contributed by atoms with van der Waals surface area (Å²) in [5, 5.41) is 3.79. The van der Waals surface area contributed by atoms with Crippen molar-refractivity contribution in [1.82, 2.24) is 14.5 Å². The summed E-state index contributed by atoms with van der Waals surface area (Å²) in [5.41, 5.74) is 2.30. The number of amides is 1. The van der Waals surface area contributed by atoms with E-state index < -0.39 is 5.76 Å². The molecule has 0 spiro atoms. The summed E-state index contributed by atoms with van der Waals surface area (Å²) in [5.74, 6) is -0.624. The molecular formula is C23H22N4O3S. The number of nitrogens with zero attached hydrogens (tertiary/aromatic N) is 3. The van der Waals surface area contributed by atoms with Gasteiger partial charge in [-0.1, -0.05) is 17.8 Å². The molecule has 31 heavy (non-hydrogen) atoms. The highest BCUT2D eigenvalue weighted by molar-refractivity contribution is 7.99. The third kappa shape index (κ3) is 5.04. The van der Waals surface area contributed by atoms with Crippen LogP contribution in [0.5, 0.6) is 0 Å². The van der Waals surface area contributed by atoms with Crippen molar-refractivity contribution in [3.8, 4) is 0 Å². The van der Waals surface area contributed by atoms with E-state index in [9.17, 15) is 9.59 Å². The molecule has 0 radical (unpaired) electrons. The van der Waals surface area contributed by atoms with Gasteiger partial charge in [0.15, 0.2) is 5.58 Å². The van der Waals surface area contributed by atoms with Gasteiger partial charge in [-0.25, -0.2) is 9.78 Å². The van der Waals surface area contributed by atoms with Gasteiger partial charge in [-0.2, -0.15) is 0 Å². The van der Waals surface area contributed by atoms with Crippen LogP contribution in [0.25, 0.3) is 11.1 Å². The minimum Gasteiger partial charge on any atom is -0.408 e. The molecule has 2 aromatic heterocycles. The zero-order valence-electron chi connectivity index (χ0n) is 17.2. The van der Waals surface area contributed by atoms with Gasteiger partial charge >= 0.3 is 5.76 Å². The van der Waals surface area contributed by atoms with E-state index in [0.29, 0.717) is 35.4 Å². The Bertz CT molecular complexity index is 1250. The summed E-state index contributed by atoms with van der Waals surface area (Å²) < 4.78 is 6.88. The van der Waals surface area contributed by atoms with E-state index in [1.54, 1.807) is 41.1 Å². The van der Waals surface area contributed by atoms with Gasteiger partial charge in [0, 0.05) is 35.4 Å². The number of carbonyl (C=O) groups is 1. The van der Waals surface area contributed by atoms with E-state index in [0.717, 1.165) is 9.92 Å². The fourth-order valence-corrected chi connectivity index (χ4v) is 3.83. The molecule has 2 heterocycles. The Morgan fingerprint density at radius 3 is 2.65 bits per heavy atom. The standard InChI is InChI=1S/C23H22N4O3S/c1-26(2)13-14-27-19-15-17(8-11-20(19)30-23(27)29)25-22(28)16-6-9-18(10-7-16)31-21-5-3-4-12-24-21/h3-12,15H,13-14H2,1-2H3,(H,25,28). The van der Waals surface area contributed by atoms with E-state index in [1.165, 1.54) is 11.8 Å². The number of hydrogen-bond donors (Lipinski definition) is 1. The number of nitrogens with one attached hydrogen (secondary N) is 1. The maximum absolute atomic E-state index is 12.7. The van der Waals surface area contributed by atoms with Crippen LogP contribution in [0.2, 0.25) is 0 Å². The number of aromatic nitrogens is 2. The van der Waals surface area contributed by atoms with Crippen LogP contribution in [0, 0.1) is 0 Å². The fraction of sp³-hybridized carbons (Fsp3) is 0.174. The monoisotopic (exact) mass is 434 g/mol. The second-order valence-electron chi connectivity index (χ2n) is 7.25. The number of likely N-dealkylation sites (N-methyl/N-ethyl adjacent to an activating group) is 1. The molecule has 1 N–H and O–H groups in total. The normalized spacial score (nSPS) is 11.2. The van der Waals surface area contributed by atoms with Gasteiger partial charge in [0.1, 0.15) is 5.03 Å². The molecule has 4 aromatic rings. The van der Waals surface area contributed by atoms with Crippen molar-refractivity contribution < 1.29 is 9.21 Å². The molecule has 8 heteroatoms. The first kappa shape index (κ1) is 20.9. The molecule has 0 atom stereocenters. The molecule has 7 nitrogen and oxygen atoms in total. The van der Waals surface area contributed by atoms with E-state index in [2.05, 4.69) is 10.3 Å². The summed E-state index contributed by atoms with van der Waals surface area (Å²) in [6.45, 7) is 1.21. The molecule has 0 saturated carbocycles. The lowest BCUT2D eigenvalue weighted by Gasteiger charge is -2.10. The van der Waals surface area contributed by atoms with Gasteiger partial charge < -0.3 is 14.6 Å². The lowest BCUT2D eigenvalue weighted by atomic mass is 10.2. The van der Waals surface area contributed by atoms with Crippen molar-refractivity contribution in [2.45, 2.75) is 16.5 Å². The zero-order chi connectivity index (χ0) is 21.8. The van der Waals surface area contributed by atoms with E-state index >= 15 is 0 Å². The second-order valence-corrected chi connectivity index (χ2v) is 8.35. The zero-order valence-corrected chi connectivity index (χ0v) is 18.1. The van der Waals surface area contributed by atoms with E-state index in [1.807, 2.05) is 49.3 Å². The molecule has 158 valence electrons. The number of anilines is 1. The fourth-order valence-electron chi connectivity index (χ4n) is 3.06. The van der Waals surface area contributed by atoms with Gasteiger partial charge in [-0.3, -0.25) is 9.36 Å². The minimum absolute atomic E-state index is 0.223. The van der Waals surface area contributed by atoms with E-state index in [-0.39, 0.29) is 5.91 Å². The molecule has 0 unspecified atom stereocenters. The number of fused-ring (bicyclic) bond motifs is 1. The third-order valence-electron chi connectivity index (χ3n) is 4.67. The van der Waals surface area contributed by atoms with Crippen LogP contribution in [-0.2, 0) is 6.54 Å². The number of carbonyl (C=O) groups excluding carboxylic acids is 1. The maximum Gasteiger partial charge on any atom is 0.419 e. The molecule has 0 bridgehead atoms. The van der Waals surface area contributed by atoms with Crippen LogP contribution in [0.3, 0.4) is 0 Å². The van der Waals surface area contributed by atoms with Crippen LogP contribution >= 0.6 is 11.8 Å². The van der Waals surface area contributed by atoms with Gasteiger partial charge in [-0.05, 0) is 68.7 Å². The Hall–Kier alpha value is -3.36. The summed E-state index contributed by atoms with van der Waals surface area (Å²) in [4.78, 5) is 32.1. The van der Waals surface area contributed by atoms with Gasteiger partial charge in [0.2, 0.25) is 0 Å². The predicted octanol–water partition coefficient (Wildman–Crippen LogP) is 3.95. The average molecular weight is 435 g/mol. The van der Waals surface area contributed by atoms with Crippen LogP contribution in [0.15, 0.2) is 86.0 Å². The molecule has 0 saturated heterocycles. The van der Waals surface area contributed by atoms with Crippen LogP contribution in [0.4, 0.5) is 5.69 Å². The van der Waals surface area contributed by atoms with Gasteiger partial charge in [-0.15, -0.1) is 0 Å². The van der Waals surface area contributed by atoms with Crippen molar-refractivity contribution in [2.75, 3.05) is 26.0 Å². The van der Waals surface area contributed by atoms with Crippen molar-refractivity contribution in [1.29, 1.82) is 0 Å². The summed E-state index contributed by atoms with van der Waals surface area (Å²) in [6, 6.07) is 18.3. The van der Waals surface area contributed by atoms with Crippen LogP contribution in [0.1, 0.15) is 10.4 Å². The first-order valence-electron chi connectivity index (χ1n) is 9.78. The van der Waals surface area contributed by atoms with Crippen molar-refractivity contribution in [2.24, 2.45) is 0 Å². The first-order valence-corrected chi connectivity index (χ1v) is 10.6. The highest BCUT2D eigenvalue weighted by atomic mass is 32.2. The molecule has 4 rings (SSSR count). The highest BCUT2D eigenvalue weighted by Crippen LogP contribution is 2.26. The molecule has 0 aliphatic rings. The number of pyridine rings is 1. The lowest BCUT2D eigenvalue weighted by Crippen LogP contribution is -2.23. The Balaban J connectivity index is 1.48. The highest BCUT2D eigenvalue weighted by Gasteiger charge is 2.12. The molecule has 0 aliphatic heterocycles. The maximum atomic E-state index is 12.7. The molecular weight excluding hydrogens is 412 g/mol. The van der Waals surface area contributed by atoms with E-state index in [4.69, 9.17) is 4.42 Å². The average Bonchev–Trinajstić information content (AvgIpc) is 3.07. The van der Waals surface area contributed by atoms with Gasteiger partial charge in [0.25, 0.3) is 5.91 Å². The Kier molecular flexibility index (Phi) is 6.20. The van der Waals surface area contributed by atoms with Crippen molar-refractivity contribution in [3.63, 3.8) is 0 Å². The number of benzene rings is 2.